The summed E-state index contributed by atoms with van der Waals surface area (Å²) in [5.41, 5.74) is 1.08. The standard InChI is InChI=1S/C22H31N3O3/c1-16-9-23(10-17(2)28-16)11-19-12-25(13-20(19)15-26)22(27)14-24-8-7-18-5-3-4-6-21(18)24/h3-8,16-17,19-20,26H,9-15H2,1-2H3/t16-,17+,19-,20-/m0/s1. The van der Waals surface area contributed by atoms with Crippen LogP contribution in [0.3, 0.4) is 0 Å². The number of carbonyl (C=O) groups is 1. The second kappa shape index (κ2) is 8.23. The van der Waals surface area contributed by atoms with E-state index in [4.69, 9.17) is 4.74 Å². The number of benzene rings is 1. The van der Waals surface area contributed by atoms with E-state index >= 15 is 0 Å². The molecule has 2 aromatic rings. The van der Waals surface area contributed by atoms with Crippen LogP contribution >= 0.6 is 0 Å². The number of amides is 1. The van der Waals surface area contributed by atoms with Gasteiger partial charge in [0.05, 0.1) is 12.2 Å². The zero-order valence-corrected chi connectivity index (χ0v) is 16.8. The Morgan fingerprint density at radius 2 is 1.79 bits per heavy atom. The van der Waals surface area contributed by atoms with E-state index in [1.807, 2.05) is 39.9 Å². The lowest BCUT2D eigenvalue weighted by molar-refractivity contribution is -0.131. The molecule has 1 amide bonds. The molecule has 152 valence electrons. The maximum Gasteiger partial charge on any atom is 0.242 e. The normalized spacial score (nSPS) is 28.9. The van der Waals surface area contributed by atoms with Gasteiger partial charge >= 0.3 is 0 Å². The van der Waals surface area contributed by atoms with E-state index in [1.54, 1.807) is 0 Å². The molecule has 2 aliphatic rings. The number of nitrogens with zero attached hydrogens (tertiary/aromatic N) is 3. The molecular weight excluding hydrogens is 354 g/mol. The van der Waals surface area contributed by atoms with Gasteiger partial charge in [0, 0.05) is 57.0 Å². The van der Waals surface area contributed by atoms with Crippen molar-refractivity contribution in [3.63, 3.8) is 0 Å². The first-order valence-corrected chi connectivity index (χ1v) is 10.3. The first-order valence-electron chi connectivity index (χ1n) is 10.3. The van der Waals surface area contributed by atoms with Gasteiger partial charge in [-0.2, -0.15) is 0 Å². The number of morpholine rings is 1. The summed E-state index contributed by atoms with van der Waals surface area (Å²) in [4.78, 5) is 17.3. The van der Waals surface area contributed by atoms with E-state index in [9.17, 15) is 9.90 Å². The van der Waals surface area contributed by atoms with Gasteiger partial charge in [0.15, 0.2) is 0 Å². The molecule has 4 atom stereocenters. The Kier molecular flexibility index (Phi) is 5.71. The van der Waals surface area contributed by atoms with E-state index in [2.05, 4.69) is 24.8 Å². The number of aromatic nitrogens is 1. The van der Waals surface area contributed by atoms with Crippen molar-refractivity contribution in [1.82, 2.24) is 14.4 Å². The molecule has 6 heteroatoms. The highest BCUT2D eigenvalue weighted by Crippen LogP contribution is 2.26. The second-order valence-electron chi connectivity index (χ2n) is 8.48. The number of aliphatic hydroxyl groups is 1. The summed E-state index contributed by atoms with van der Waals surface area (Å²) in [6.45, 7) is 8.83. The number of likely N-dealkylation sites (tertiary alicyclic amines) is 1. The first-order chi connectivity index (χ1) is 13.5. The minimum atomic E-state index is 0.131. The fourth-order valence-corrected chi connectivity index (χ4v) is 4.85. The molecule has 4 rings (SSSR count). The Labute approximate surface area is 166 Å². The zero-order valence-electron chi connectivity index (χ0n) is 16.8. The van der Waals surface area contributed by atoms with Gasteiger partial charge in [-0.3, -0.25) is 9.69 Å². The molecule has 0 saturated carbocycles. The molecule has 0 unspecified atom stereocenters. The van der Waals surface area contributed by atoms with Crippen LogP contribution in [0.4, 0.5) is 0 Å². The van der Waals surface area contributed by atoms with Gasteiger partial charge in [0.1, 0.15) is 6.54 Å². The predicted molar refractivity (Wildman–Crippen MR) is 109 cm³/mol. The van der Waals surface area contributed by atoms with Crippen molar-refractivity contribution < 1.29 is 14.6 Å². The third-order valence-electron chi connectivity index (χ3n) is 6.14. The molecule has 1 aromatic carbocycles. The minimum absolute atomic E-state index is 0.131. The van der Waals surface area contributed by atoms with Crippen LogP contribution in [-0.2, 0) is 16.1 Å². The third-order valence-corrected chi connectivity index (χ3v) is 6.14. The Morgan fingerprint density at radius 1 is 1.07 bits per heavy atom. The average molecular weight is 386 g/mol. The van der Waals surface area contributed by atoms with Gasteiger partial charge in [-0.15, -0.1) is 0 Å². The largest absolute Gasteiger partial charge is 0.396 e. The van der Waals surface area contributed by atoms with Crippen molar-refractivity contribution in [2.24, 2.45) is 11.8 Å². The van der Waals surface area contributed by atoms with Crippen LogP contribution in [0.15, 0.2) is 36.5 Å². The number of hydrogen-bond acceptors (Lipinski definition) is 4. The maximum absolute atomic E-state index is 12.9. The SMILES string of the molecule is C[C@@H]1CN(C[C@H]2CN(C(=O)Cn3ccc4ccccc43)C[C@H]2CO)C[C@H](C)O1. The molecule has 1 N–H and O–H groups in total. The highest BCUT2D eigenvalue weighted by molar-refractivity contribution is 5.83. The van der Waals surface area contributed by atoms with Crippen LogP contribution in [0, 0.1) is 11.8 Å². The van der Waals surface area contributed by atoms with Gasteiger partial charge in [0.25, 0.3) is 0 Å². The van der Waals surface area contributed by atoms with E-state index in [0.29, 0.717) is 19.0 Å². The molecule has 1 aromatic heterocycles. The van der Waals surface area contributed by atoms with Crippen molar-refractivity contribution in [2.75, 3.05) is 39.3 Å². The lowest BCUT2D eigenvalue weighted by Gasteiger charge is -2.37. The van der Waals surface area contributed by atoms with Crippen molar-refractivity contribution in [2.45, 2.75) is 32.6 Å². The number of aliphatic hydroxyl groups excluding tert-OH is 1. The molecule has 2 fully saturated rings. The summed E-state index contributed by atoms with van der Waals surface area (Å²) in [6, 6.07) is 10.2. The Morgan fingerprint density at radius 3 is 2.54 bits per heavy atom. The Bertz CT molecular complexity index is 810. The Hall–Kier alpha value is -1.89. The number of hydrogen-bond donors (Lipinski definition) is 1. The van der Waals surface area contributed by atoms with Crippen molar-refractivity contribution in [3.05, 3.63) is 36.5 Å². The van der Waals surface area contributed by atoms with Gasteiger partial charge in [-0.25, -0.2) is 0 Å². The number of carbonyl (C=O) groups excluding carboxylic acids is 1. The van der Waals surface area contributed by atoms with Crippen molar-refractivity contribution in [3.8, 4) is 0 Å². The minimum Gasteiger partial charge on any atom is -0.396 e. The lowest BCUT2D eigenvalue weighted by atomic mass is 9.96. The van der Waals surface area contributed by atoms with Crippen LogP contribution in [0.25, 0.3) is 10.9 Å². The van der Waals surface area contributed by atoms with Crippen LogP contribution < -0.4 is 0 Å². The molecule has 6 nitrogen and oxygen atoms in total. The quantitative estimate of drug-likeness (QED) is 0.853. The number of fused-ring (bicyclic) bond motifs is 1. The lowest BCUT2D eigenvalue weighted by Crippen LogP contribution is -2.48. The summed E-state index contributed by atoms with van der Waals surface area (Å²) in [6.07, 6.45) is 2.45. The van der Waals surface area contributed by atoms with Crippen LogP contribution in [0.1, 0.15) is 13.8 Å². The molecule has 0 spiro atoms. The highest BCUT2D eigenvalue weighted by atomic mass is 16.5. The number of para-hydroxylation sites is 1. The number of ether oxygens (including phenoxy) is 1. The summed E-state index contributed by atoms with van der Waals surface area (Å²) in [5, 5.41) is 11.0. The monoisotopic (exact) mass is 385 g/mol. The smallest absolute Gasteiger partial charge is 0.242 e. The molecular formula is C22H31N3O3. The summed E-state index contributed by atoms with van der Waals surface area (Å²) in [5.74, 6) is 0.595. The highest BCUT2D eigenvalue weighted by Gasteiger charge is 2.36. The summed E-state index contributed by atoms with van der Waals surface area (Å²) < 4.78 is 7.85. The molecule has 2 saturated heterocycles. The molecule has 28 heavy (non-hydrogen) atoms. The van der Waals surface area contributed by atoms with Gasteiger partial charge in [-0.1, -0.05) is 18.2 Å². The number of rotatable bonds is 5. The zero-order chi connectivity index (χ0) is 19.7. The van der Waals surface area contributed by atoms with E-state index in [1.165, 1.54) is 0 Å². The fraction of sp³-hybridized carbons (Fsp3) is 0.591. The molecule has 2 aliphatic heterocycles. The summed E-state index contributed by atoms with van der Waals surface area (Å²) in [7, 11) is 0. The topological polar surface area (TPSA) is 57.9 Å². The molecule has 0 radical (unpaired) electrons. The van der Waals surface area contributed by atoms with Gasteiger partial charge in [0.2, 0.25) is 5.91 Å². The van der Waals surface area contributed by atoms with Crippen molar-refractivity contribution in [1.29, 1.82) is 0 Å². The predicted octanol–water partition coefficient (Wildman–Crippen LogP) is 1.82. The second-order valence-corrected chi connectivity index (χ2v) is 8.48. The third kappa shape index (κ3) is 4.09. The van der Waals surface area contributed by atoms with Gasteiger partial charge < -0.3 is 19.3 Å². The van der Waals surface area contributed by atoms with E-state index in [0.717, 1.165) is 37.1 Å². The van der Waals surface area contributed by atoms with Crippen LogP contribution in [0.5, 0.6) is 0 Å². The molecule has 3 heterocycles. The van der Waals surface area contributed by atoms with E-state index in [-0.39, 0.29) is 30.6 Å². The first kappa shape index (κ1) is 19.4. The fourth-order valence-electron chi connectivity index (χ4n) is 4.85. The average Bonchev–Trinajstić information content (AvgIpc) is 3.25. The summed E-state index contributed by atoms with van der Waals surface area (Å²) >= 11 is 0. The molecule has 0 bridgehead atoms. The maximum atomic E-state index is 12.9. The van der Waals surface area contributed by atoms with E-state index < -0.39 is 0 Å². The Balaban J connectivity index is 1.39. The van der Waals surface area contributed by atoms with Crippen molar-refractivity contribution >= 4 is 16.8 Å². The van der Waals surface area contributed by atoms with Crippen LogP contribution in [-0.4, -0.2) is 76.9 Å². The van der Waals surface area contributed by atoms with Crippen LogP contribution in [0.2, 0.25) is 0 Å². The molecule has 0 aliphatic carbocycles. The van der Waals surface area contributed by atoms with Gasteiger partial charge in [-0.05, 0) is 37.3 Å².